The number of imidazole rings is 3. The number of amides is 1. The molecule has 0 saturated heterocycles. The van der Waals surface area contributed by atoms with Crippen LogP contribution in [-0.2, 0) is 44.7 Å². The Labute approximate surface area is 805 Å². The zero-order valence-corrected chi connectivity index (χ0v) is 77.4. The van der Waals surface area contributed by atoms with E-state index in [-0.39, 0.29) is 84.9 Å². The van der Waals surface area contributed by atoms with Crippen molar-refractivity contribution in [2.24, 2.45) is 0 Å². The Morgan fingerprint density at radius 2 is 0.826 bits per heavy atom. The molecule has 0 fully saturated rings. The monoisotopic (exact) mass is 2240 g/mol. The van der Waals surface area contributed by atoms with Gasteiger partial charge < -0.3 is 38.5 Å². The number of hydrogen-bond acceptors (Lipinski definition) is 19. The van der Waals surface area contributed by atoms with E-state index in [2.05, 4.69) is 45.9 Å². The summed E-state index contributed by atoms with van der Waals surface area (Å²) in [5.74, 6) is -10.8. The molecule has 7 aromatic carbocycles. The molecule has 2 radical (unpaired) electrons. The number of esters is 2. The second kappa shape index (κ2) is 52.6. The van der Waals surface area contributed by atoms with E-state index < -0.39 is 139 Å². The van der Waals surface area contributed by atoms with E-state index >= 15 is 0 Å². The molecule has 0 saturated carbocycles. The van der Waals surface area contributed by atoms with Crippen LogP contribution in [0.5, 0.6) is 0 Å². The number of alkyl halides is 16. The topological polar surface area (TPSA) is 389 Å². The number of nitriles is 1. The number of nitro groups is 3. The number of pyridine rings is 5. The van der Waals surface area contributed by atoms with Crippen LogP contribution in [0.2, 0.25) is 0 Å². The zero-order valence-electron chi connectivity index (χ0n) is 69.1. The predicted molar refractivity (Wildman–Crippen MR) is 468 cm³/mol. The fraction of sp³-hybridized carbons (Fsp3) is 0.0930. The van der Waals surface area contributed by atoms with Gasteiger partial charge in [-0.15, -0.1) is 0 Å². The summed E-state index contributed by atoms with van der Waals surface area (Å²) in [5.41, 5.74) is 16.6. The van der Waals surface area contributed by atoms with E-state index in [1.165, 1.54) is 124 Å². The number of non-ortho nitro benzene ring substituents is 3. The Balaban J connectivity index is 0.000000284. The molecule has 0 spiro atoms. The maximum atomic E-state index is 13.8. The normalized spacial score (nSPS) is 10.7. The molecule has 0 bridgehead atoms. The Morgan fingerprint density at radius 3 is 1.14 bits per heavy atom. The van der Waals surface area contributed by atoms with E-state index in [0.717, 1.165) is 52.9 Å². The average molecular weight is 2240 g/mol. The van der Waals surface area contributed by atoms with E-state index in [4.69, 9.17) is 51.9 Å². The molecule has 0 aliphatic rings. The summed E-state index contributed by atoms with van der Waals surface area (Å²) in [7, 11) is 9.87. The number of nitrogens with one attached hydrogen (secondary N) is 1. The van der Waals surface area contributed by atoms with Crippen LogP contribution < -0.4 is 44.1 Å². The van der Waals surface area contributed by atoms with Crippen LogP contribution in [0.25, 0.3) is 50.7 Å². The number of fused-ring (bicyclic) bond motifs is 3. The summed E-state index contributed by atoms with van der Waals surface area (Å²) < 4.78 is 247. The predicted octanol–water partition coefficient (Wildman–Crippen LogP) is 19.8. The quantitative estimate of drug-likeness (QED) is 0.00843. The number of aromatic nitrogens is 8. The van der Waals surface area contributed by atoms with Gasteiger partial charge in [0.15, 0.2) is 40.4 Å². The number of ether oxygens (including phenoxy) is 1. The summed E-state index contributed by atoms with van der Waals surface area (Å²) in [4.78, 5) is 86.5. The zero-order chi connectivity index (χ0) is 102. The van der Waals surface area contributed by atoms with Crippen LogP contribution in [0.15, 0.2) is 280 Å². The molecule has 1 amide bonds. The number of halogens is 24. The van der Waals surface area contributed by atoms with Crippen molar-refractivity contribution in [3.63, 3.8) is 0 Å². The van der Waals surface area contributed by atoms with Gasteiger partial charge in [0, 0.05) is 108 Å². The number of nitrogens with two attached hydrogens (primary N) is 3. The molecule has 8 aromatic heterocycles. The van der Waals surface area contributed by atoms with Gasteiger partial charge in [0.05, 0.1) is 55.2 Å². The van der Waals surface area contributed by atoms with Gasteiger partial charge in [-0.05, 0) is 150 Å². The second-order valence-electron chi connectivity index (χ2n) is 26.1. The van der Waals surface area contributed by atoms with Crippen molar-refractivity contribution in [2.45, 2.75) is 49.7 Å². The fourth-order valence-electron chi connectivity index (χ4n) is 10.9. The number of anilines is 4. The van der Waals surface area contributed by atoms with Crippen molar-refractivity contribution >= 4 is 144 Å². The minimum absolute atomic E-state index is 0. The van der Waals surface area contributed by atoms with Crippen LogP contribution in [0, 0.1) is 64.9 Å². The molecular weight excluding hydrogens is 2180 g/mol. The summed E-state index contributed by atoms with van der Waals surface area (Å²) in [6.07, 6.45) is -17.0. The van der Waals surface area contributed by atoms with Gasteiger partial charge in [-0.3, -0.25) is 58.9 Å². The molecule has 27 nitrogen and oxygen atoms in total. The Kier molecular flexibility index (Phi) is 43.5. The molecule has 15 aromatic rings. The molecule has 7 N–H and O–H groups in total. The summed E-state index contributed by atoms with van der Waals surface area (Å²) in [6.45, 7) is 2.03. The van der Waals surface area contributed by atoms with Gasteiger partial charge in [-0.1, -0.05) is 94.8 Å². The third-order valence-electron chi connectivity index (χ3n) is 16.8. The van der Waals surface area contributed by atoms with Crippen LogP contribution in [0.4, 0.5) is 123 Å². The fourth-order valence-corrected chi connectivity index (χ4v) is 11.4. The summed E-state index contributed by atoms with van der Waals surface area (Å²) in [6, 6.07) is 62.8. The van der Waals surface area contributed by atoms with Crippen molar-refractivity contribution in [1.29, 1.82) is 5.26 Å². The third kappa shape index (κ3) is 34.1. The average Bonchev–Trinajstić information content (AvgIpc) is 1.62. The van der Waals surface area contributed by atoms with Crippen LogP contribution in [0.3, 0.4) is 0 Å². The first-order valence-electron chi connectivity index (χ1n) is 37.2. The molecular formula is C86H60Br2Cl3F19N16O11Sn. The number of nitrogens with zero attached hydrogens (tertiary/aromatic N) is 12. The van der Waals surface area contributed by atoms with E-state index in [0.29, 0.717) is 29.4 Å². The SMILES string of the molecule is CC#N.Nc1ccc(-c2c(C(F)(F)F)nc3ccccn23)cc1.Nc1cccc[n+]1Cc1ccc([N+](=O)[O-])cc1.Nc1ccccn1.O=C(Cl)c1cccc(F)c1F.O=C(Nc1ccc(-c2c(C(F)(F)F)nc3ccccn23)cc1)c1cccc(F)c1F.O=C(OC(=O)C(F)(F)F)C(F)(F)F.O=[N+]([O-])c1ccc(-c2c(C(F)(F)F)nc3ccccn23)cc1.O=[N+]([O-])c1ccc(CBr)cc1.[Br-].[Cl][Sn][Cl]. The van der Waals surface area contributed by atoms with Crippen LogP contribution in [-0.4, -0.2) is 102 Å². The van der Waals surface area contributed by atoms with Gasteiger partial charge in [0.1, 0.15) is 29.3 Å². The second-order valence-corrected chi connectivity index (χ2v) is 31.2. The van der Waals surface area contributed by atoms with Gasteiger partial charge >= 0.3 is 79.6 Å². The first kappa shape index (κ1) is 114. The first-order chi connectivity index (χ1) is 64.4. The number of nitro benzene ring substituents is 3. The molecule has 722 valence electrons. The summed E-state index contributed by atoms with van der Waals surface area (Å²) in [5, 5.41) is 40.8. The molecule has 0 aliphatic carbocycles. The number of nitrogen functional groups attached to an aromatic ring is 3. The van der Waals surface area contributed by atoms with E-state index in [1.807, 2.05) is 41.1 Å². The molecule has 52 heteroatoms. The Morgan fingerprint density at radius 1 is 0.486 bits per heavy atom. The van der Waals surface area contributed by atoms with Gasteiger partial charge in [-0.2, -0.15) is 71.1 Å². The number of carbonyl (C=O) groups excluding carboxylic acids is 4. The summed E-state index contributed by atoms with van der Waals surface area (Å²) >= 11 is 7.36. The molecule has 0 unspecified atom stereocenters. The number of rotatable bonds is 12. The van der Waals surface area contributed by atoms with Crippen molar-refractivity contribution < 1.29 is 144 Å². The molecule has 0 atom stereocenters. The Hall–Kier alpha value is -14.4. The Bertz CT molecular complexity index is 6680. The number of benzene rings is 7. The van der Waals surface area contributed by atoms with Crippen molar-refractivity contribution in [1.82, 2.24) is 33.1 Å². The van der Waals surface area contributed by atoms with E-state index in [9.17, 15) is 133 Å². The van der Waals surface area contributed by atoms with Gasteiger partial charge in [0.2, 0.25) is 0 Å². The van der Waals surface area contributed by atoms with Crippen molar-refractivity contribution in [3.8, 4) is 39.8 Å². The van der Waals surface area contributed by atoms with Crippen molar-refractivity contribution in [3.05, 3.63) is 373 Å². The van der Waals surface area contributed by atoms with Crippen LogP contribution in [0.1, 0.15) is 55.8 Å². The van der Waals surface area contributed by atoms with Crippen LogP contribution >= 0.6 is 45.4 Å². The van der Waals surface area contributed by atoms with Crippen molar-refractivity contribution in [2.75, 3.05) is 22.5 Å². The van der Waals surface area contributed by atoms with Gasteiger partial charge in [-0.25, -0.2) is 51.7 Å². The minimum atomic E-state index is -5.62. The maximum absolute atomic E-state index is 13.8. The molecule has 0 aliphatic heterocycles. The third-order valence-corrected chi connectivity index (χ3v) is 17.7. The molecule has 15 rings (SSSR count). The molecule has 138 heavy (non-hydrogen) atoms. The first-order valence-corrected chi connectivity index (χ1v) is 46.0. The molecule has 8 heterocycles. The van der Waals surface area contributed by atoms with E-state index in [1.54, 1.807) is 109 Å². The standard InChI is InChI=1S/C21H12F5N3O.C14H8F3N3O2.C14H10F3N3.C12H11N3O2.C7H6BrNO2.C7H3ClF2O.C5H6N2.C4F6O3.C2H3N.BrH.2ClH.Sn/c22-15-5-3-4-14(17(15)23)20(30)27-13-9-7-12(8-10-13)18-19(21(24,25)26)28-16-6-1-2-11-29(16)18;15-14(16,17)13-12(19-8-2-1-3-11(19)18-13)9-4-6-10(7-5-9)20(21)22;15-14(16,17)13-12(9-4-6-10(18)7-5-9)20-8-2-1-3-11(20)19-13;13-12-3-1-2-8-14(12)9-10-4-6-11(7-5-10)15(16)17;8-5-6-1-3-7(4-2-6)9(10)11;8-7(11)4-2-1-3-5(9)6(4)10;6-5-3-1-2-4-7-5;5-3(6,7)1(11)13-2(12)4(8,9)10;1-2-3;;;;/h1-11H,(H,27,30);1-8H;1-8H,18H2;1-8,13H,9H2;1-4H,5H2;1-3H;1-4H,(H2,6,7);;1H3;3*1H;/q;;;;;;;;;;;;+2/p-2. The number of carbonyl (C=O) groups is 4. The van der Waals surface area contributed by atoms with Gasteiger partial charge in [0.25, 0.3) is 34.0 Å². The number of hydrogen-bond donors (Lipinski definition) is 4.